The van der Waals surface area contributed by atoms with Gasteiger partial charge >= 0.3 is 0 Å². The summed E-state index contributed by atoms with van der Waals surface area (Å²) in [5.74, 6) is -0.862. The zero-order valence-electron chi connectivity index (χ0n) is 15.9. The summed E-state index contributed by atoms with van der Waals surface area (Å²) >= 11 is 13.4. The number of rotatable bonds is 5. The van der Waals surface area contributed by atoms with Gasteiger partial charge in [-0.2, -0.15) is 0 Å². The maximum Gasteiger partial charge on any atom is 0.283 e. The van der Waals surface area contributed by atoms with Crippen molar-refractivity contribution in [3.8, 4) is 0 Å². The van der Waals surface area contributed by atoms with Crippen molar-refractivity contribution in [1.82, 2.24) is 0 Å². The number of anilines is 2. The minimum absolute atomic E-state index is 0.225. The number of hydrogen-bond donors (Lipinski definition) is 1. The highest BCUT2D eigenvalue weighted by Gasteiger charge is 2.40. The van der Waals surface area contributed by atoms with Crippen molar-refractivity contribution < 1.29 is 9.59 Å². The van der Waals surface area contributed by atoms with Gasteiger partial charge in [0.1, 0.15) is 10.6 Å². The zero-order valence-corrected chi connectivity index (χ0v) is 18.2. The van der Waals surface area contributed by atoms with Crippen LogP contribution >= 0.6 is 35.0 Å². The topological polar surface area (TPSA) is 49.4 Å². The number of carbonyl (C=O) groups is 2. The summed E-state index contributed by atoms with van der Waals surface area (Å²) in [6.45, 7) is 1.99. The molecule has 0 saturated carbocycles. The molecule has 0 unspecified atom stereocenters. The Labute approximate surface area is 188 Å². The minimum Gasteiger partial charge on any atom is -0.350 e. The van der Waals surface area contributed by atoms with Crippen LogP contribution in [0.3, 0.4) is 0 Å². The Morgan fingerprint density at radius 1 is 0.833 bits per heavy atom. The Bertz CT molecular complexity index is 1160. The Kier molecular flexibility index (Phi) is 5.86. The van der Waals surface area contributed by atoms with Gasteiger partial charge in [0.25, 0.3) is 11.8 Å². The van der Waals surface area contributed by atoms with Crippen molar-refractivity contribution in [3.05, 3.63) is 99.0 Å². The van der Waals surface area contributed by atoms with E-state index in [0.29, 0.717) is 21.3 Å². The highest BCUT2D eigenvalue weighted by atomic mass is 35.5. The molecule has 0 radical (unpaired) electrons. The van der Waals surface area contributed by atoms with Gasteiger partial charge < -0.3 is 5.32 Å². The van der Waals surface area contributed by atoms with Crippen LogP contribution in [-0.2, 0) is 9.59 Å². The maximum absolute atomic E-state index is 13.3. The van der Waals surface area contributed by atoms with Crippen LogP contribution in [-0.4, -0.2) is 11.8 Å². The normalized spacial score (nSPS) is 13.9. The molecular weight excluding hydrogens is 439 g/mol. The lowest BCUT2D eigenvalue weighted by Crippen LogP contribution is -2.32. The molecule has 1 heterocycles. The minimum atomic E-state index is -0.447. The van der Waals surface area contributed by atoms with Crippen LogP contribution in [0.2, 0.25) is 10.0 Å². The third-order valence-corrected chi connectivity index (χ3v) is 6.32. The summed E-state index contributed by atoms with van der Waals surface area (Å²) in [4.78, 5) is 28.9. The molecular formula is C23H16Cl2N2O2S. The van der Waals surface area contributed by atoms with Gasteiger partial charge in [-0.05, 0) is 49.4 Å². The summed E-state index contributed by atoms with van der Waals surface area (Å²) in [6.07, 6.45) is 0. The van der Waals surface area contributed by atoms with Crippen LogP contribution in [0.15, 0.2) is 88.3 Å². The van der Waals surface area contributed by atoms with Crippen LogP contribution in [0.25, 0.3) is 0 Å². The molecule has 0 bridgehead atoms. The first-order valence-electron chi connectivity index (χ1n) is 9.09. The average Bonchev–Trinajstić information content (AvgIpc) is 2.96. The summed E-state index contributed by atoms with van der Waals surface area (Å²) < 4.78 is 0. The monoisotopic (exact) mass is 454 g/mol. The lowest BCUT2D eigenvalue weighted by molar-refractivity contribution is -0.120. The molecule has 0 aromatic heterocycles. The standard InChI is InChI=1S/C23H16Cl2N2O2S/c1-14-7-10-17(11-8-14)30-21-20(26-15-5-3-2-4-6-15)22(28)27(23(21)29)16-9-12-18(24)19(25)13-16/h2-13,26H,1H3. The smallest absolute Gasteiger partial charge is 0.283 e. The van der Waals surface area contributed by atoms with Gasteiger partial charge in [-0.15, -0.1) is 0 Å². The molecule has 0 saturated heterocycles. The van der Waals surface area contributed by atoms with Gasteiger partial charge in [0.15, 0.2) is 0 Å². The number of nitrogens with zero attached hydrogens (tertiary/aromatic N) is 1. The van der Waals surface area contributed by atoms with Crippen molar-refractivity contribution in [3.63, 3.8) is 0 Å². The molecule has 30 heavy (non-hydrogen) atoms. The fourth-order valence-electron chi connectivity index (χ4n) is 2.96. The Hall–Kier alpha value is -2.73. The maximum atomic E-state index is 13.3. The molecule has 0 spiro atoms. The molecule has 0 aliphatic carbocycles. The number of para-hydroxylation sites is 1. The van der Waals surface area contributed by atoms with E-state index in [1.807, 2.05) is 61.5 Å². The molecule has 3 aromatic rings. The third kappa shape index (κ3) is 4.10. The number of nitrogens with one attached hydrogen (secondary N) is 1. The molecule has 2 amide bonds. The van der Waals surface area contributed by atoms with Crippen LogP contribution < -0.4 is 10.2 Å². The van der Waals surface area contributed by atoms with E-state index in [1.165, 1.54) is 17.8 Å². The molecule has 1 N–H and O–H groups in total. The first-order valence-corrected chi connectivity index (χ1v) is 10.7. The molecule has 4 nitrogen and oxygen atoms in total. The Balaban J connectivity index is 1.75. The first kappa shape index (κ1) is 20.5. The van der Waals surface area contributed by atoms with Crippen LogP contribution in [0.1, 0.15) is 5.56 Å². The number of carbonyl (C=O) groups excluding carboxylic acids is 2. The van der Waals surface area contributed by atoms with E-state index in [1.54, 1.807) is 12.1 Å². The zero-order chi connectivity index (χ0) is 21.3. The van der Waals surface area contributed by atoms with Crippen LogP contribution in [0, 0.1) is 6.92 Å². The number of aryl methyl sites for hydroxylation is 1. The summed E-state index contributed by atoms with van der Waals surface area (Å²) in [6, 6.07) is 21.7. The van der Waals surface area contributed by atoms with Crippen molar-refractivity contribution in [2.24, 2.45) is 0 Å². The molecule has 0 atom stereocenters. The van der Waals surface area contributed by atoms with E-state index in [2.05, 4.69) is 5.32 Å². The molecule has 7 heteroatoms. The second-order valence-electron chi connectivity index (χ2n) is 6.65. The second kappa shape index (κ2) is 8.56. The van der Waals surface area contributed by atoms with E-state index in [4.69, 9.17) is 23.2 Å². The highest BCUT2D eigenvalue weighted by molar-refractivity contribution is 8.04. The SMILES string of the molecule is Cc1ccc(SC2=C(Nc3ccccc3)C(=O)N(c3ccc(Cl)c(Cl)c3)C2=O)cc1. The number of halogens is 2. The fourth-order valence-corrected chi connectivity index (χ4v) is 4.18. The molecule has 1 aliphatic heterocycles. The van der Waals surface area contributed by atoms with Gasteiger partial charge in [0.05, 0.1) is 15.7 Å². The largest absolute Gasteiger partial charge is 0.350 e. The van der Waals surface area contributed by atoms with E-state index in [9.17, 15) is 9.59 Å². The lowest BCUT2D eigenvalue weighted by Gasteiger charge is -2.16. The molecule has 3 aromatic carbocycles. The van der Waals surface area contributed by atoms with Crippen molar-refractivity contribution in [2.45, 2.75) is 11.8 Å². The molecule has 150 valence electrons. The first-order chi connectivity index (χ1) is 14.4. The number of benzene rings is 3. The van der Waals surface area contributed by atoms with Crippen molar-refractivity contribution >= 4 is 58.2 Å². The fraction of sp³-hybridized carbons (Fsp3) is 0.0435. The van der Waals surface area contributed by atoms with E-state index < -0.39 is 11.8 Å². The lowest BCUT2D eigenvalue weighted by atomic mass is 10.2. The molecule has 4 rings (SSSR count). The van der Waals surface area contributed by atoms with Crippen molar-refractivity contribution in [1.29, 1.82) is 0 Å². The van der Waals surface area contributed by atoms with Gasteiger partial charge in [-0.3, -0.25) is 9.59 Å². The second-order valence-corrected chi connectivity index (χ2v) is 8.55. The summed E-state index contributed by atoms with van der Waals surface area (Å²) in [5.41, 5.74) is 2.42. The molecule has 0 fully saturated rings. The third-order valence-electron chi connectivity index (χ3n) is 4.49. The Morgan fingerprint density at radius 3 is 2.20 bits per heavy atom. The number of thioether (sulfide) groups is 1. The number of hydrogen-bond acceptors (Lipinski definition) is 4. The summed E-state index contributed by atoms with van der Waals surface area (Å²) in [5, 5.41) is 3.74. The molecule has 1 aliphatic rings. The van der Waals surface area contributed by atoms with Gasteiger partial charge in [0.2, 0.25) is 0 Å². The Morgan fingerprint density at radius 2 is 1.53 bits per heavy atom. The number of amides is 2. The highest BCUT2D eigenvalue weighted by Crippen LogP contribution is 2.39. The summed E-state index contributed by atoms with van der Waals surface area (Å²) in [7, 11) is 0. The van der Waals surface area contributed by atoms with Crippen LogP contribution in [0.5, 0.6) is 0 Å². The average molecular weight is 455 g/mol. The van der Waals surface area contributed by atoms with E-state index >= 15 is 0 Å². The number of imide groups is 1. The quantitative estimate of drug-likeness (QED) is 0.460. The van der Waals surface area contributed by atoms with Gasteiger partial charge in [-0.25, -0.2) is 4.90 Å². The van der Waals surface area contributed by atoms with Gasteiger partial charge in [0, 0.05) is 10.6 Å². The van der Waals surface area contributed by atoms with Crippen molar-refractivity contribution in [2.75, 3.05) is 10.2 Å². The van der Waals surface area contributed by atoms with E-state index in [0.717, 1.165) is 15.4 Å². The van der Waals surface area contributed by atoms with Crippen LogP contribution in [0.4, 0.5) is 11.4 Å². The van der Waals surface area contributed by atoms with E-state index in [-0.39, 0.29) is 10.7 Å². The predicted molar refractivity (Wildman–Crippen MR) is 123 cm³/mol. The predicted octanol–water partition coefficient (Wildman–Crippen LogP) is 6.29. The van der Waals surface area contributed by atoms with Gasteiger partial charge in [-0.1, -0.05) is 70.9 Å².